The maximum Gasteiger partial charge on any atom is 0.311 e. The second-order valence-electron chi connectivity index (χ2n) is 5.26. The van der Waals surface area contributed by atoms with Crippen LogP contribution >= 0.6 is 0 Å². The Morgan fingerprint density at radius 2 is 2.35 bits per heavy atom. The number of hydrogen-bond donors (Lipinski definition) is 2. The number of carbonyl (C=O) groups is 1. The maximum atomic E-state index is 11.6. The van der Waals surface area contributed by atoms with Crippen molar-refractivity contribution >= 4 is 23.0 Å². The largest absolute Gasteiger partial charge is 0.481 e. The molecule has 3 rings (SSSR count). The van der Waals surface area contributed by atoms with E-state index in [4.69, 9.17) is 0 Å². The van der Waals surface area contributed by atoms with Gasteiger partial charge in [0.15, 0.2) is 11.5 Å². The summed E-state index contributed by atoms with van der Waals surface area (Å²) >= 11 is 0. The summed E-state index contributed by atoms with van der Waals surface area (Å²) in [5, 5.41) is 9.55. The number of nitrogens with zero attached hydrogens (tertiary/aromatic N) is 4. The fourth-order valence-corrected chi connectivity index (χ4v) is 2.92. The molecule has 1 saturated heterocycles. The molecule has 1 aliphatic rings. The molecule has 1 unspecified atom stereocenters. The Balaban J connectivity index is 1.98. The molecule has 1 aliphatic heterocycles. The number of carboxylic acids is 1. The Kier molecular flexibility index (Phi) is 3.04. The van der Waals surface area contributed by atoms with E-state index in [0.29, 0.717) is 25.0 Å². The van der Waals surface area contributed by atoms with E-state index in [-0.39, 0.29) is 0 Å². The molecule has 0 bridgehead atoms. The summed E-state index contributed by atoms with van der Waals surface area (Å²) in [4.78, 5) is 29.2. The Morgan fingerprint density at radius 3 is 3.10 bits per heavy atom. The number of rotatable bonds is 3. The van der Waals surface area contributed by atoms with E-state index in [1.807, 2.05) is 11.8 Å². The third-order valence-electron chi connectivity index (χ3n) is 4.21. The highest BCUT2D eigenvalue weighted by Gasteiger charge is 2.41. The molecule has 0 amide bonds. The third kappa shape index (κ3) is 1.90. The maximum absolute atomic E-state index is 11.6. The number of aromatic nitrogens is 4. The quantitative estimate of drug-likeness (QED) is 0.880. The normalized spacial score (nSPS) is 23.1. The summed E-state index contributed by atoms with van der Waals surface area (Å²) in [6.45, 7) is 3.22. The van der Waals surface area contributed by atoms with E-state index < -0.39 is 11.4 Å². The highest BCUT2D eigenvalue weighted by atomic mass is 16.4. The molecule has 7 nitrogen and oxygen atoms in total. The van der Waals surface area contributed by atoms with Crippen molar-refractivity contribution < 1.29 is 9.90 Å². The van der Waals surface area contributed by atoms with Gasteiger partial charge in [0.05, 0.1) is 11.7 Å². The average molecular weight is 275 g/mol. The molecular formula is C13H17N5O2. The van der Waals surface area contributed by atoms with Gasteiger partial charge >= 0.3 is 5.97 Å². The van der Waals surface area contributed by atoms with Gasteiger partial charge < -0.3 is 15.0 Å². The molecule has 0 aliphatic carbocycles. The van der Waals surface area contributed by atoms with Gasteiger partial charge in [0.2, 0.25) is 0 Å². The summed E-state index contributed by atoms with van der Waals surface area (Å²) in [6.07, 6.45) is 5.24. The van der Waals surface area contributed by atoms with Crippen molar-refractivity contribution in [2.45, 2.75) is 26.2 Å². The van der Waals surface area contributed by atoms with Gasteiger partial charge in [0.25, 0.3) is 0 Å². The molecule has 2 aromatic heterocycles. The molecule has 2 N–H and O–H groups in total. The van der Waals surface area contributed by atoms with Gasteiger partial charge in [0, 0.05) is 13.1 Å². The summed E-state index contributed by atoms with van der Waals surface area (Å²) in [5.41, 5.74) is 0.693. The number of piperidine rings is 1. The minimum Gasteiger partial charge on any atom is -0.481 e. The molecule has 2 aromatic rings. The van der Waals surface area contributed by atoms with Crippen LogP contribution in [0.4, 0.5) is 5.82 Å². The predicted molar refractivity (Wildman–Crippen MR) is 73.5 cm³/mol. The first kappa shape index (κ1) is 12.8. The van der Waals surface area contributed by atoms with E-state index in [9.17, 15) is 9.90 Å². The third-order valence-corrected chi connectivity index (χ3v) is 4.21. The van der Waals surface area contributed by atoms with Crippen LogP contribution in [0.3, 0.4) is 0 Å². The van der Waals surface area contributed by atoms with Crippen LogP contribution in [0.15, 0.2) is 12.7 Å². The lowest BCUT2D eigenvalue weighted by molar-refractivity contribution is -0.149. The van der Waals surface area contributed by atoms with Crippen molar-refractivity contribution in [3.8, 4) is 0 Å². The van der Waals surface area contributed by atoms with Gasteiger partial charge in [0.1, 0.15) is 11.8 Å². The molecular weight excluding hydrogens is 258 g/mol. The molecule has 0 radical (unpaired) electrons. The average Bonchev–Trinajstić information content (AvgIpc) is 2.95. The molecule has 20 heavy (non-hydrogen) atoms. The van der Waals surface area contributed by atoms with Crippen molar-refractivity contribution in [1.29, 1.82) is 0 Å². The van der Waals surface area contributed by atoms with Crippen LogP contribution < -0.4 is 4.90 Å². The molecule has 0 saturated carbocycles. The van der Waals surface area contributed by atoms with Gasteiger partial charge in [-0.05, 0) is 19.3 Å². The number of nitrogens with one attached hydrogen (secondary N) is 1. The second kappa shape index (κ2) is 4.73. The smallest absolute Gasteiger partial charge is 0.311 e. The van der Waals surface area contributed by atoms with Crippen LogP contribution in [0.5, 0.6) is 0 Å². The zero-order valence-corrected chi connectivity index (χ0v) is 11.3. The first-order chi connectivity index (χ1) is 9.66. The lowest BCUT2D eigenvalue weighted by Crippen LogP contribution is -2.48. The van der Waals surface area contributed by atoms with Crippen molar-refractivity contribution in [2.75, 3.05) is 18.0 Å². The second-order valence-corrected chi connectivity index (χ2v) is 5.26. The van der Waals surface area contributed by atoms with Gasteiger partial charge in [-0.15, -0.1) is 0 Å². The SMILES string of the molecule is CCC1(C(=O)O)CCCN(c2ncnc3nc[nH]c23)C1. The number of hydrogen-bond acceptors (Lipinski definition) is 5. The Hall–Kier alpha value is -2.18. The highest BCUT2D eigenvalue weighted by Crippen LogP contribution is 2.36. The molecule has 1 atom stereocenters. The first-order valence-electron chi connectivity index (χ1n) is 6.79. The predicted octanol–water partition coefficient (Wildman–Crippen LogP) is 1.43. The zero-order valence-electron chi connectivity index (χ0n) is 11.3. The van der Waals surface area contributed by atoms with Crippen LogP contribution in [0.2, 0.25) is 0 Å². The van der Waals surface area contributed by atoms with Gasteiger partial charge in [-0.25, -0.2) is 15.0 Å². The summed E-state index contributed by atoms with van der Waals surface area (Å²) in [6, 6.07) is 0. The Labute approximate surface area is 116 Å². The Bertz CT molecular complexity index is 640. The van der Waals surface area contributed by atoms with Gasteiger partial charge in [-0.1, -0.05) is 6.92 Å². The van der Waals surface area contributed by atoms with Crippen LogP contribution in [0, 0.1) is 5.41 Å². The lowest BCUT2D eigenvalue weighted by Gasteiger charge is -2.40. The minimum atomic E-state index is -0.723. The fourth-order valence-electron chi connectivity index (χ4n) is 2.92. The highest BCUT2D eigenvalue weighted by molar-refractivity contribution is 5.83. The van der Waals surface area contributed by atoms with Crippen molar-refractivity contribution in [3.05, 3.63) is 12.7 Å². The van der Waals surface area contributed by atoms with Gasteiger partial charge in [-0.3, -0.25) is 4.79 Å². The minimum absolute atomic E-state index is 0.476. The number of aliphatic carboxylic acids is 1. The first-order valence-corrected chi connectivity index (χ1v) is 6.79. The van der Waals surface area contributed by atoms with E-state index in [1.165, 1.54) is 6.33 Å². The van der Waals surface area contributed by atoms with Crippen LogP contribution in [0.1, 0.15) is 26.2 Å². The molecule has 0 spiro atoms. The summed E-state index contributed by atoms with van der Waals surface area (Å²) in [7, 11) is 0. The number of fused-ring (bicyclic) bond motifs is 1. The van der Waals surface area contributed by atoms with E-state index in [1.54, 1.807) is 6.33 Å². The van der Waals surface area contributed by atoms with Crippen LogP contribution in [-0.4, -0.2) is 44.1 Å². The summed E-state index contributed by atoms with van der Waals surface area (Å²) < 4.78 is 0. The monoisotopic (exact) mass is 275 g/mol. The van der Waals surface area contributed by atoms with Crippen molar-refractivity contribution in [1.82, 2.24) is 19.9 Å². The van der Waals surface area contributed by atoms with E-state index >= 15 is 0 Å². The summed E-state index contributed by atoms with van der Waals surface area (Å²) in [5.74, 6) is 0.0193. The number of anilines is 1. The van der Waals surface area contributed by atoms with E-state index in [0.717, 1.165) is 24.3 Å². The molecule has 1 fully saturated rings. The zero-order chi connectivity index (χ0) is 14.2. The van der Waals surface area contributed by atoms with Crippen molar-refractivity contribution in [3.63, 3.8) is 0 Å². The topological polar surface area (TPSA) is 95.0 Å². The number of carboxylic acid groups (broad SMARTS) is 1. The van der Waals surface area contributed by atoms with Gasteiger partial charge in [-0.2, -0.15) is 0 Å². The molecule has 0 aromatic carbocycles. The van der Waals surface area contributed by atoms with E-state index in [2.05, 4.69) is 19.9 Å². The molecule has 106 valence electrons. The number of H-pyrrole nitrogens is 1. The number of aromatic amines is 1. The fraction of sp³-hybridized carbons (Fsp3) is 0.538. The molecule has 3 heterocycles. The van der Waals surface area contributed by atoms with Crippen molar-refractivity contribution in [2.24, 2.45) is 5.41 Å². The van der Waals surface area contributed by atoms with Crippen LogP contribution in [-0.2, 0) is 4.79 Å². The lowest BCUT2D eigenvalue weighted by atomic mass is 9.77. The number of imidazole rings is 1. The van der Waals surface area contributed by atoms with Crippen LogP contribution in [0.25, 0.3) is 11.2 Å². The molecule has 7 heteroatoms. The Morgan fingerprint density at radius 1 is 1.50 bits per heavy atom. The standard InChI is InChI=1S/C13H17N5O2/c1-2-13(12(19)20)4-3-5-18(6-13)11-9-10(15-7-14-9)16-8-17-11/h7-8H,2-6H2,1H3,(H,19,20)(H,14,15,16,17).